The highest BCUT2D eigenvalue weighted by molar-refractivity contribution is 7.07. The maximum absolute atomic E-state index is 13.8. The molecular weight excluding hydrogens is 491 g/mol. The molecule has 0 saturated carbocycles. The fourth-order valence-electron chi connectivity index (χ4n) is 4.23. The lowest BCUT2D eigenvalue weighted by Crippen LogP contribution is -2.39. The molecule has 0 amide bonds. The van der Waals surface area contributed by atoms with E-state index in [-0.39, 0.29) is 18.0 Å². The Labute approximate surface area is 216 Å². The van der Waals surface area contributed by atoms with E-state index in [1.165, 1.54) is 24.5 Å². The molecule has 0 radical (unpaired) electrons. The van der Waals surface area contributed by atoms with Gasteiger partial charge >= 0.3 is 5.97 Å². The van der Waals surface area contributed by atoms with Crippen LogP contribution < -0.4 is 19.6 Å². The monoisotopic (exact) mass is 514 g/mol. The van der Waals surface area contributed by atoms with Crippen LogP contribution in [0.2, 0.25) is 0 Å². The van der Waals surface area contributed by atoms with Crippen molar-refractivity contribution in [1.82, 2.24) is 4.57 Å². The third kappa shape index (κ3) is 4.88. The smallest absolute Gasteiger partial charge is 0.338 e. The van der Waals surface area contributed by atoms with E-state index < -0.39 is 12.0 Å². The minimum atomic E-state index is -0.638. The highest BCUT2D eigenvalue weighted by atomic mass is 32.1. The molecule has 3 aromatic carbocycles. The molecule has 2 heterocycles. The number of rotatable bonds is 6. The zero-order valence-corrected chi connectivity index (χ0v) is 21.0. The van der Waals surface area contributed by atoms with Crippen LogP contribution in [0.25, 0.3) is 6.08 Å². The molecule has 4 aromatic rings. The number of fused-ring (bicyclic) bond motifs is 1. The number of hydrogen-bond acceptors (Lipinski definition) is 6. The van der Waals surface area contributed by atoms with Crippen molar-refractivity contribution in [3.05, 3.63) is 132 Å². The van der Waals surface area contributed by atoms with Gasteiger partial charge in [0, 0.05) is 5.56 Å². The van der Waals surface area contributed by atoms with Crippen molar-refractivity contribution in [1.29, 1.82) is 0 Å². The summed E-state index contributed by atoms with van der Waals surface area (Å²) in [5, 5.41) is 0. The van der Waals surface area contributed by atoms with Crippen LogP contribution in [0.3, 0.4) is 0 Å². The molecule has 0 fully saturated rings. The van der Waals surface area contributed by atoms with Gasteiger partial charge in [0.05, 0.1) is 29.0 Å². The van der Waals surface area contributed by atoms with Gasteiger partial charge in [0.2, 0.25) is 0 Å². The summed E-state index contributed by atoms with van der Waals surface area (Å²) < 4.78 is 26.6. The van der Waals surface area contributed by atoms with Crippen LogP contribution in [0.15, 0.2) is 99.9 Å². The third-order valence-corrected chi connectivity index (χ3v) is 7.06. The van der Waals surface area contributed by atoms with Crippen molar-refractivity contribution >= 4 is 23.4 Å². The fraction of sp³-hybridized carbons (Fsp3) is 0.138. The molecule has 0 saturated heterocycles. The Morgan fingerprint density at radius 3 is 2.46 bits per heavy atom. The van der Waals surface area contributed by atoms with Crippen molar-refractivity contribution in [3.63, 3.8) is 0 Å². The van der Waals surface area contributed by atoms with Gasteiger partial charge in [-0.3, -0.25) is 9.36 Å². The molecule has 0 aliphatic carbocycles. The van der Waals surface area contributed by atoms with E-state index in [0.29, 0.717) is 31.9 Å². The summed E-state index contributed by atoms with van der Waals surface area (Å²) >= 11 is 1.26. The summed E-state index contributed by atoms with van der Waals surface area (Å²) in [5.41, 5.74) is 2.67. The molecule has 6 nitrogen and oxygen atoms in total. The summed E-state index contributed by atoms with van der Waals surface area (Å²) in [7, 11) is 1.32. The number of benzene rings is 3. The number of hydrogen-bond donors (Lipinski definition) is 0. The van der Waals surface area contributed by atoms with Gasteiger partial charge < -0.3 is 9.47 Å². The molecule has 5 rings (SSSR count). The Bertz CT molecular complexity index is 1670. The average Bonchev–Trinajstić information content (AvgIpc) is 3.22. The number of thiazole rings is 1. The number of nitrogens with zero attached hydrogens (tertiary/aromatic N) is 2. The highest BCUT2D eigenvalue weighted by Gasteiger charge is 2.32. The van der Waals surface area contributed by atoms with Crippen LogP contribution in [0.1, 0.15) is 29.7 Å². The molecule has 186 valence electrons. The first-order valence-electron chi connectivity index (χ1n) is 11.6. The van der Waals surface area contributed by atoms with E-state index in [4.69, 9.17) is 9.47 Å². The van der Waals surface area contributed by atoms with Crippen LogP contribution >= 0.6 is 11.3 Å². The Kier molecular flexibility index (Phi) is 6.83. The lowest BCUT2D eigenvalue weighted by Gasteiger charge is -2.24. The zero-order valence-electron chi connectivity index (χ0n) is 20.2. The van der Waals surface area contributed by atoms with Gasteiger partial charge in [-0.05, 0) is 42.3 Å². The molecule has 1 aliphatic heterocycles. The summed E-state index contributed by atoms with van der Waals surface area (Å²) in [4.78, 5) is 31.3. The molecule has 8 heteroatoms. The number of carbonyl (C=O) groups excluding carboxylic acids is 1. The van der Waals surface area contributed by atoms with E-state index >= 15 is 0 Å². The van der Waals surface area contributed by atoms with Gasteiger partial charge in [-0.25, -0.2) is 14.2 Å². The number of esters is 1. The van der Waals surface area contributed by atoms with Gasteiger partial charge in [0.25, 0.3) is 5.56 Å². The van der Waals surface area contributed by atoms with Crippen molar-refractivity contribution in [2.24, 2.45) is 4.99 Å². The van der Waals surface area contributed by atoms with Gasteiger partial charge in [-0.2, -0.15) is 0 Å². The van der Waals surface area contributed by atoms with Gasteiger partial charge in [0.15, 0.2) is 4.80 Å². The molecule has 0 bridgehead atoms. The Morgan fingerprint density at radius 1 is 1.05 bits per heavy atom. The minimum Gasteiger partial charge on any atom is -0.489 e. The molecule has 0 unspecified atom stereocenters. The highest BCUT2D eigenvalue weighted by Crippen LogP contribution is 2.30. The zero-order chi connectivity index (χ0) is 25.9. The van der Waals surface area contributed by atoms with Crippen molar-refractivity contribution < 1.29 is 18.7 Å². The number of halogens is 1. The topological polar surface area (TPSA) is 69.9 Å². The molecule has 0 N–H and O–H groups in total. The first-order valence-corrected chi connectivity index (χ1v) is 12.4. The predicted octanol–water partition coefficient (Wildman–Crippen LogP) is 4.13. The quantitative estimate of drug-likeness (QED) is 0.363. The largest absolute Gasteiger partial charge is 0.489 e. The molecule has 37 heavy (non-hydrogen) atoms. The van der Waals surface area contributed by atoms with E-state index in [1.807, 2.05) is 42.5 Å². The third-order valence-electron chi connectivity index (χ3n) is 6.07. The first kappa shape index (κ1) is 24.4. The Balaban J connectivity index is 1.49. The van der Waals surface area contributed by atoms with Gasteiger partial charge in [-0.1, -0.05) is 72.0 Å². The second kappa shape index (κ2) is 10.4. The van der Waals surface area contributed by atoms with Crippen LogP contribution in [0.5, 0.6) is 5.75 Å². The Morgan fingerprint density at radius 2 is 1.76 bits per heavy atom. The fourth-order valence-corrected chi connectivity index (χ4v) is 5.28. The number of aromatic nitrogens is 1. The average molecular weight is 515 g/mol. The normalized spacial score (nSPS) is 15.2. The van der Waals surface area contributed by atoms with Crippen molar-refractivity contribution in [2.75, 3.05) is 7.11 Å². The molecule has 1 aliphatic rings. The second-order valence-electron chi connectivity index (χ2n) is 8.43. The lowest BCUT2D eigenvalue weighted by molar-refractivity contribution is -0.136. The van der Waals surface area contributed by atoms with E-state index in [9.17, 15) is 14.0 Å². The summed E-state index contributed by atoms with van der Waals surface area (Å²) in [6.45, 7) is 1.87. The summed E-state index contributed by atoms with van der Waals surface area (Å²) in [5.74, 6) is -0.242. The van der Waals surface area contributed by atoms with Crippen LogP contribution in [-0.2, 0) is 16.1 Å². The Hall–Kier alpha value is -4.30. The standard InChI is InChI=1S/C29H23FN2O4S/c1-18-25(28(34)35-2)26(20-8-4-3-5-9-20)32-27(33)24(37-29(32)31-18)16-19-12-14-22(15-13-19)36-17-21-10-6-7-11-23(21)30/h3-16,26H,17H2,1-2H3/b24-16+/t26-/m0/s1. The number of carbonyl (C=O) groups is 1. The molecule has 0 spiro atoms. The summed E-state index contributed by atoms with van der Waals surface area (Å²) in [6, 6.07) is 22.4. The number of ether oxygens (including phenoxy) is 2. The lowest BCUT2D eigenvalue weighted by atomic mass is 9.96. The maximum Gasteiger partial charge on any atom is 0.338 e. The van der Waals surface area contributed by atoms with Crippen molar-refractivity contribution in [3.8, 4) is 5.75 Å². The van der Waals surface area contributed by atoms with Gasteiger partial charge in [-0.15, -0.1) is 0 Å². The first-order chi connectivity index (χ1) is 18.0. The van der Waals surface area contributed by atoms with Crippen LogP contribution in [0.4, 0.5) is 4.39 Å². The summed E-state index contributed by atoms with van der Waals surface area (Å²) in [6.07, 6.45) is 1.78. The molecule has 1 atom stereocenters. The predicted molar refractivity (Wildman–Crippen MR) is 139 cm³/mol. The minimum absolute atomic E-state index is 0.117. The van der Waals surface area contributed by atoms with Crippen molar-refractivity contribution in [2.45, 2.75) is 19.6 Å². The van der Waals surface area contributed by atoms with Crippen LogP contribution in [-0.4, -0.2) is 17.6 Å². The van der Waals surface area contributed by atoms with E-state index in [0.717, 1.165) is 11.1 Å². The van der Waals surface area contributed by atoms with Gasteiger partial charge in [0.1, 0.15) is 18.2 Å². The SMILES string of the molecule is COC(=O)C1=C(C)N=c2s/c(=C/c3ccc(OCc4ccccc4F)cc3)c(=O)n2[C@H]1c1ccccc1. The number of methoxy groups -OCH3 is 1. The molecule has 1 aromatic heterocycles. The van der Waals surface area contributed by atoms with E-state index in [2.05, 4.69) is 4.99 Å². The van der Waals surface area contributed by atoms with E-state index in [1.54, 1.807) is 47.9 Å². The van der Waals surface area contributed by atoms with Crippen LogP contribution in [0, 0.1) is 5.82 Å². The second-order valence-corrected chi connectivity index (χ2v) is 9.44. The maximum atomic E-state index is 13.8. The molecular formula is C29H23FN2O4S. The number of allylic oxidation sites excluding steroid dienone is 1.